The van der Waals surface area contributed by atoms with Crippen molar-refractivity contribution in [2.24, 2.45) is 11.8 Å². The summed E-state index contributed by atoms with van der Waals surface area (Å²) in [5.41, 5.74) is 2.02. The predicted octanol–water partition coefficient (Wildman–Crippen LogP) is 3.19. The van der Waals surface area contributed by atoms with Crippen LogP contribution in [0.5, 0.6) is 0 Å². The van der Waals surface area contributed by atoms with E-state index in [2.05, 4.69) is 25.2 Å². The molecule has 1 aliphatic rings. The van der Waals surface area contributed by atoms with E-state index in [9.17, 15) is 10.1 Å². The summed E-state index contributed by atoms with van der Waals surface area (Å²) in [7, 11) is 0. The highest BCUT2D eigenvalue weighted by Gasteiger charge is 2.34. The smallest absolute Gasteiger partial charge is 0.336 e. The number of carbonyl (C=O) groups excluding carboxylic acids is 1. The Morgan fingerprint density at radius 3 is 2.65 bits per heavy atom. The first-order valence-electron chi connectivity index (χ1n) is 6.79. The highest BCUT2D eigenvalue weighted by atomic mass is 32.2. The minimum atomic E-state index is -0.323. The second kappa shape index (κ2) is 7.39. The Labute approximate surface area is 125 Å². The van der Waals surface area contributed by atoms with Gasteiger partial charge >= 0.3 is 5.97 Å². The van der Waals surface area contributed by atoms with Gasteiger partial charge in [-0.1, -0.05) is 13.8 Å². The number of hydrogen-bond acceptors (Lipinski definition) is 5. The molecule has 0 amide bonds. The van der Waals surface area contributed by atoms with Crippen LogP contribution in [0.4, 0.5) is 0 Å². The van der Waals surface area contributed by atoms with Crippen LogP contribution in [0, 0.1) is 23.2 Å². The number of nitrogens with one attached hydrogen (secondary N) is 1. The number of rotatable bonds is 5. The van der Waals surface area contributed by atoms with Crippen LogP contribution >= 0.6 is 11.8 Å². The fourth-order valence-electron chi connectivity index (χ4n) is 2.37. The third kappa shape index (κ3) is 3.57. The maximum absolute atomic E-state index is 12.2. The summed E-state index contributed by atoms with van der Waals surface area (Å²) in [6, 6.07) is 2.26. The van der Waals surface area contributed by atoms with Gasteiger partial charge in [0.05, 0.1) is 28.9 Å². The van der Waals surface area contributed by atoms with E-state index in [1.807, 2.05) is 13.2 Å². The first-order valence-corrected chi connectivity index (χ1v) is 8.01. The Hall–Kier alpha value is -1.41. The molecule has 0 saturated carbocycles. The van der Waals surface area contributed by atoms with Crippen LogP contribution in [0.2, 0.25) is 0 Å². The summed E-state index contributed by atoms with van der Waals surface area (Å²) in [6.07, 6.45) is 2.69. The quantitative estimate of drug-likeness (QED) is 0.789. The second-order valence-corrected chi connectivity index (χ2v) is 5.94. The summed E-state index contributed by atoms with van der Waals surface area (Å²) in [5.74, 6) is -0.111. The van der Waals surface area contributed by atoms with Gasteiger partial charge in [0.15, 0.2) is 0 Å². The molecule has 1 aliphatic heterocycles. The molecule has 1 rings (SSSR count). The molecule has 0 aromatic rings. The fraction of sp³-hybridized carbons (Fsp3) is 0.600. The monoisotopic (exact) mass is 294 g/mol. The predicted molar refractivity (Wildman–Crippen MR) is 81.6 cm³/mol. The number of allylic oxidation sites excluding steroid dienone is 2. The minimum absolute atomic E-state index is 0.178. The molecular weight excluding hydrogens is 272 g/mol. The third-order valence-corrected chi connectivity index (χ3v) is 3.90. The average Bonchev–Trinajstić information content (AvgIpc) is 2.37. The average molecular weight is 294 g/mol. The molecule has 1 atom stereocenters. The van der Waals surface area contributed by atoms with Crippen LogP contribution in [0.1, 0.15) is 34.1 Å². The molecule has 0 saturated heterocycles. The Morgan fingerprint density at radius 2 is 2.20 bits per heavy atom. The van der Waals surface area contributed by atoms with Crippen LogP contribution in [-0.4, -0.2) is 18.8 Å². The lowest BCUT2D eigenvalue weighted by molar-refractivity contribution is -0.139. The van der Waals surface area contributed by atoms with Gasteiger partial charge in [0.1, 0.15) is 0 Å². The van der Waals surface area contributed by atoms with E-state index in [1.54, 1.807) is 6.92 Å². The molecule has 0 radical (unpaired) electrons. The normalized spacial score (nSPS) is 18.9. The Kier molecular flexibility index (Phi) is 6.15. The maximum Gasteiger partial charge on any atom is 0.336 e. The zero-order valence-electron chi connectivity index (χ0n) is 12.7. The molecule has 5 heteroatoms. The van der Waals surface area contributed by atoms with Crippen LogP contribution in [-0.2, 0) is 9.53 Å². The Balaban J connectivity index is 3.26. The number of esters is 1. The van der Waals surface area contributed by atoms with Crippen LogP contribution < -0.4 is 5.32 Å². The lowest BCUT2D eigenvalue weighted by Crippen LogP contribution is -2.30. The summed E-state index contributed by atoms with van der Waals surface area (Å²) >= 11 is 1.50. The van der Waals surface area contributed by atoms with Crippen LogP contribution in [0.15, 0.2) is 21.9 Å². The van der Waals surface area contributed by atoms with Gasteiger partial charge in [-0.3, -0.25) is 0 Å². The lowest BCUT2D eigenvalue weighted by atomic mass is 9.82. The van der Waals surface area contributed by atoms with Crippen LogP contribution in [0.3, 0.4) is 0 Å². The Bertz CT molecular complexity index is 487. The van der Waals surface area contributed by atoms with Crippen molar-refractivity contribution in [2.45, 2.75) is 34.1 Å². The van der Waals surface area contributed by atoms with Crippen molar-refractivity contribution in [2.75, 3.05) is 12.9 Å². The first kappa shape index (κ1) is 16.6. The summed E-state index contributed by atoms with van der Waals surface area (Å²) < 4.78 is 5.15. The van der Waals surface area contributed by atoms with Crippen molar-refractivity contribution in [1.82, 2.24) is 5.32 Å². The van der Waals surface area contributed by atoms with Gasteiger partial charge in [0.25, 0.3) is 0 Å². The fourth-order valence-corrected chi connectivity index (χ4v) is 3.03. The van der Waals surface area contributed by atoms with Crippen molar-refractivity contribution in [3.8, 4) is 6.07 Å². The molecule has 4 nitrogen and oxygen atoms in total. The van der Waals surface area contributed by atoms with E-state index in [-0.39, 0.29) is 11.9 Å². The largest absolute Gasteiger partial charge is 0.463 e. The topological polar surface area (TPSA) is 62.1 Å². The zero-order valence-corrected chi connectivity index (χ0v) is 13.6. The van der Waals surface area contributed by atoms with E-state index >= 15 is 0 Å². The number of dihydropyridines is 1. The van der Waals surface area contributed by atoms with Crippen molar-refractivity contribution in [3.63, 3.8) is 0 Å². The minimum Gasteiger partial charge on any atom is -0.463 e. The zero-order chi connectivity index (χ0) is 15.3. The number of thioether (sulfide) groups is 1. The molecule has 1 heterocycles. The number of nitriles is 1. The SMILES string of the molecule is CCOC(=O)C1=C(C)NC(SC)=C(C#N)[C@H]1CC(C)C. The lowest BCUT2D eigenvalue weighted by Gasteiger charge is -2.29. The van der Waals surface area contributed by atoms with E-state index in [0.717, 1.165) is 17.1 Å². The second-order valence-electron chi connectivity index (χ2n) is 5.13. The highest BCUT2D eigenvalue weighted by molar-refractivity contribution is 8.02. The molecule has 1 N–H and O–H groups in total. The summed E-state index contributed by atoms with van der Waals surface area (Å²) in [5, 5.41) is 13.5. The van der Waals surface area contributed by atoms with Gasteiger partial charge in [-0.15, -0.1) is 11.8 Å². The van der Waals surface area contributed by atoms with E-state index in [1.165, 1.54) is 11.8 Å². The van der Waals surface area contributed by atoms with E-state index in [4.69, 9.17) is 4.74 Å². The molecule has 0 fully saturated rings. The third-order valence-electron chi connectivity index (χ3n) is 3.17. The van der Waals surface area contributed by atoms with Gasteiger partial charge in [0, 0.05) is 11.6 Å². The van der Waals surface area contributed by atoms with Gasteiger partial charge in [-0.2, -0.15) is 5.26 Å². The van der Waals surface area contributed by atoms with Gasteiger partial charge in [0.2, 0.25) is 0 Å². The van der Waals surface area contributed by atoms with Crippen LogP contribution in [0.25, 0.3) is 0 Å². The number of nitrogens with zero attached hydrogens (tertiary/aromatic N) is 1. The molecular formula is C15H22N2O2S. The molecule has 0 bridgehead atoms. The maximum atomic E-state index is 12.2. The molecule has 0 aromatic carbocycles. The molecule has 0 unspecified atom stereocenters. The Morgan fingerprint density at radius 1 is 1.55 bits per heavy atom. The van der Waals surface area contributed by atoms with Gasteiger partial charge < -0.3 is 10.1 Å². The standard InChI is InChI=1S/C15H22N2O2S/c1-6-19-15(18)13-10(4)17-14(20-5)12(8-16)11(13)7-9(2)3/h9,11,17H,6-7H2,1-5H3/t11-/m1/s1. The number of carbonyl (C=O) groups is 1. The summed E-state index contributed by atoms with van der Waals surface area (Å²) in [4.78, 5) is 12.2. The highest BCUT2D eigenvalue weighted by Crippen LogP contribution is 2.37. The van der Waals surface area contributed by atoms with Crippen molar-refractivity contribution in [1.29, 1.82) is 5.26 Å². The molecule has 0 aliphatic carbocycles. The molecule has 0 spiro atoms. The van der Waals surface area contributed by atoms with E-state index in [0.29, 0.717) is 23.7 Å². The summed E-state index contributed by atoms with van der Waals surface area (Å²) in [6.45, 7) is 8.17. The number of ether oxygens (including phenoxy) is 1. The van der Waals surface area contributed by atoms with Crippen molar-refractivity contribution >= 4 is 17.7 Å². The van der Waals surface area contributed by atoms with Gasteiger partial charge in [-0.05, 0) is 32.4 Å². The van der Waals surface area contributed by atoms with E-state index < -0.39 is 0 Å². The first-order chi connectivity index (χ1) is 9.46. The van der Waals surface area contributed by atoms with Crippen molar-refractivity contribution < 1.29 is 9.53 Å². The van der Waals surface area contributed by atoms with Gasteiger partial charge in [-0.25, -0.2) is 4.79 Å². The van der Waals surface area contributed by atoms with Crippen molar-refractivity contribution in [3.05, 3.63) is 21.9 Å². The molecule has 110 valence electrons. The molecule has 0 aromatic heterocycles. The number of hydrogen-bond donors (Lipinski definition) is 1. The molecule has 20 heavy (non-hydrogen) atoms.